The molecule has 1 aliphatic heterocycles. The van der Waals surface area contributed by atoms with Gasteiger partial charge < -0.3 is 19.9 Å². The molecule has 6 nitrogen and oxygen atoms in total. The van der Waals surface area contributed by atoms with Crippen molar-refractivity contribution in [3.63, 3.8) is 0 Å². The van der Waals surface area contributed by atoms with E-state index >= 15 is 0 Å². The van der Waals surface area contributed by atoms with Crippen molar-refractivity contribution < 1.29 is 24.2 Å². The van der Waals surface area contributed by atoms with Crippen LogP contribution in [0.2, 0.25) is 0 Å². The number of amides is 1. The number of carbonyl (C=O) groups is 2. The highest BCUT2D eigenvalue weighted by Crippen LogP contribution is 2.21. The molecule has 2 N–H and O–H groups in total. The highest BCUT2D eigenvalue weighted by Gasteiger charge is 2.32. The molecule has 1 saturated heterocycles. The van der Waals surface area contributed by atoms with E-state index in [1.165, 1.54) is 0 Å². The largest absolute Gasteiger partial charge is 0.481 e. The molecule has 0 radical (unpaired) electrons. The number of nitrogens with one attached hydrogen (secondary N) is 1. The Balaban J connectivity index is 2.41. The van der Waals surface area contributed by atoms with Crippen LogP contribution in [0.15, 0.2) is 0 Å². The molecule has 6 heteroatoms. The third-order valence-corrected chi connectivity index (χ3v) is 2.72. The van der Waals surface area contributed by atoms with Crippen LogP contribution in [0.3, 0.4) is 0 Å². The van der Waals surface area contributed by atoms with Crippen molar-refractivity contribution in [2.45, 2.75) is 32.8 Å². The topological polar surface area (TPSA) is 84.9 Å². The van der Waals surface area contributed by atoms with Gasteiger partial charge in [0.1, 0.15) is 5.60 Å². The van der Waals surface area contributed by atoms with Gasteiger partial charge in [-0.3, -0.25) is 4.79 Å². The predicted molar refractivity (Wildman–Crippen MR) is 64.3 cm³/mol. The molecule has 1 heterocycles. The lowest BCUT2D eigenvalue weighted by Gasteiger charge is -2.29. The summed E-state index contributed by atoms with van der Waals surface area (Å²) in [4.78, 5) is 22.5. The molecular weight excluding hydrogens is 238 g/mol. The SMILES string of the molecule is CC(C)(C)OC(=O)NC[C@@H]1CCOC[C@H]1C(=O)O. The van der Waals surface area contributed by atoms with Gasteiger partial charge in [0.05, 0.1) is 12.5 Å². The Labute approximate surface area is 107 Å². The van der Waals surface area contributed by atoms with Crippen LogP contribution in [0.25, 0.3) is 0 Å². The maximum Gasteiger partial charge on any atom is 0.407 e. The minimum Gasteiger partial charge on any atom is -0.481 e. The van der Waals surface area contributed by atoms with Gasteiger partial charge in [0.2, 0.25) is 0 Å². The van der Waals surface area contributed by atoms with E-state index in [0.717, 1.165) is 0 Å². The molecule has 1 amide bonds. The minimum atomic E-state index is -0.884. The van der Waals surface area contributed by atoms with E-state index in [-0.39, 0.29) is 12.5 Å². The number of aliphatic carboxylic acids is 1. The number of carboxylic acids is 1. The van der Waals surface area contributed by atoms with Gasteiger partial charge in [0.15, 0.2) is 0 Å². The Bertz CT molecular complexity index is 310. The highest BCUT2D eigenvalue weighted by atomic mass is 16.6. The van der Waals surface area contributed by atoms with Crippen molar-refractivity contribution in [2.24, 2.45) is 11.8 Å². The van der Waals surface area contributed by atoms with Gasteiger partial charge in [-0.05, 0) is 33.1 Å². The van der Waals surface area contributed by atoms with Crippen molar-refractivity contribution >= 4 is 12.1 Å². The van der Waals surface area contributed by atoms with Crippen LogP contribution < -0.4 is 5.32 Å². The number of carbonyl (C=O) groups excluding carboxylic acids is 1. The Kier molecular flexibility index (Phi) is 4.95. The van der Waals surface area contributed by atoms with Crippen LogP contribution in [0.4, 0.5) is 4.79 Å². The van der Waals surface area contributed by atoms with Crippen molar-refractivity contribution in [3.8, 4) is 0 Å². The highest BCUT2D eigenvalue weighted by molar-refractivity contribution is 5.71. The first-order chi connectivity index (χ1) is 8.29. The summed E-state index contributed by atoms with van der Waals surface area (Å²) in [7, 11) is 0. The molecule has 1 fully saturated rings. The summed E-state index contributed by atoms with van der Waals surface area (Å²) in [6, 6.07) is 0. The molecule has 0 aromatic heterocycles. The lowest BCUT2D eigenvalue weighted by atomic mass is 9.88. The summed E-state index contributed by atoms with van der Waals surface area (Å²) in [6.07, 6.45) is 0.116. The van der Waals surface area contributed by atoms with E-state index in [4.69, 9.17) is 14.6 Å². The molecule has 0 bridgehead atoms. The van der Waals surface area contributed by atoms with E-state index in [0.29, 0.717) is 19.6 Å². The third kappa shape index (κ3) is 4.91. The predicted octanol–water partition coefficient (Wildman–Crippen LogP) is 1.25. The van der Waals surface area contributed by atoms with Crippen molar-refractivity contribution in [2.75, 3.05) is 19.8 Å². The summed E-state index contributed by atoms with van der Waals surface area (Å²) in [5.74, 6) is -1.55. The molecule has 1 aliphatic rings. The van der Waals surface area contributed by atoms with Gasteiger partial charge in [0.25, 0.3) is 0 Å². The normalized spacial score (nSPS) is 24.4. The first-order valence-electron chi connectivity index (χ1n) is 6.07. The van der Waals surface area contributed by atoms with Crippen LogP contribution in [0, 0.1) is 11.8 Å². The average molecular weight is 259 g/mol. The zero-order chi connectivity index (χ0) is 13.8. The maximum atomic E-state index is 11.5. The smallest absolute Gasteiger partial charge is 0.407 e. The number of ether oxygens (including phenoxy) is 2. The summed E-state index contributed by atoms with van der Waals surface area (Å²) < 4.78 is 10.2. The van der Waals surface area contributed by atoms with Crippen LogP contribution in [0.5, 0.6) is 0 Å². The van der Waals surface area contributed by atoms with Gasteiger partial charge >= 0.3 is 12.1 Å². The molecule has 0 aliphatic carbocycles. The second-order valence-electron chi connectivity index (χ2n) is 5.45. The Hall–Kier alpha value is -1.30. The Morgan fingerprint density at radius 3 is 2.67 bits per heavy atom. The third-order valence-electron chi connectivity index (χ3n) is 2.72. The standard InChI is InChI=1S/C12H21NO5/c1-12(2,3)18-11(16)13-6-8-4-5-17-7-9(8)10(14)15/h8-9H,4-7H2,1-3H3,(H,13,16)(H,14,15)/t8-,9+/m0/s1. The average Bonchev–Trinajstić information content (AvgIpc) is 2.24. The van der Waals surface area contributed by atoms with Gasteiger partial charge in [-0.1, -0.05) is 0 Å². The molecular formula is C12H21NO5. The van der Waals surface area contributed by atoms with Crippen molar-refractivity contribution in [1.82, 2.24) is 5.32 Å². The van der Waals surface area contributed by atoms with Crippen molar-refractivity contribution in [1.29, 1.82) is 0 Å². The van der Waals surface area contributed by atoms with Crippen LogP contribution >= 0.6 is 0 Å². The molecule has 0 aromatic carbocycles. The van der Waals surface area contributed by atoms with Crippen LogP contribution in [-0.4, -0.2) is 42.5 Å². The molecule has 104 valence electrons. The molecule has 0 aromatic rings. The second kappa shape index (κ2) is 6.04. The zero-order valence-electron chi connectivity index (χ0n) is 11.1. The number of hydrogen-bond acceptors (Lipinski definition) is 4. The number of hydrogen-bond donors (Lipinski definition) is 2. The zero-order valence-corrected chi connectivity index (χ0v) is 11.1. The quantitative estimate of drug-likeness (QED) is 0.796. The Morgan fingerprint density at radius 1 is 1.44 bits per heavy atom. The number of alkyl carbamates (subject to hydrolysis) is 1. The van der Waals surface area contributed by atoms with Gasteiger partial charge in [-0.2, -0.15) is 0 Å². The summed E-state index contributed by atoms with van der Waals surface area (Å²) in [5, 5.41) is 11.7. The molecule has 0 saturated carbocycles. The van der Waals surface area contributed by atoms with E-state index < -0.39 is 23.6 Å². The molecule has 0 unspecified atom stereocenters. The minimum absolute atomic E-state index is 0.108. The van der Waals surface area contributed by atoms with Crippen LogP contribution in [0.1, 0.15) is 27.2 Å². The van der Waals surface area contributed by atoms with E-state index in [2.05, 4.69) is 5.32 Å². The maximum absolute atomic E-state index is 11.5. The van der Waals surface area contributed by atoms with E-state index in [9.17, 15) is 9.59 Å². The van der Waals surface area contributed by atoms with Crippen LogP contribution in [-0.2, 0) is 14.3 Å². The number of rotatable bonds is 3. The summed E-state index contributed by atoms with van der Waals surface area (Å²) in [6.45, 7) is 6.37. The lowest BCUT2D eigenvalue weighted by molar-refractivity contribution is -0.149. The Morgan fingerprint density at radius 2 is 2.11 bits per heavy atom. The monoisotopic (exact) mass is 259 g/mol. The summed E-state index contributed by atoms with van der Waals surface area (Å²) >= 11 is 0. The number of carboxylic acid groups (broad SMARTS) is 1. The van der Waals surface area contributed by atoms with E-state index in [1.54, 1.807) is 20.8 Å². The fraction of sp³-hybridized carbons (Fsp3) is 0.833. The van der Waals surface area contributed by atoms with E-state index in [1.807, 2.05) is 0 Å². The van der Waals surface area contributed by atoms with Gasteiger partial charge in [-0.15, -0.1) is 0 Å². The fourth-order valence-corrected chi connectivity index (χ4v) is 1.83. The van der Waals surface area contributed by atoms with Gasteiger partial charge in [-0.25, -0.2) is 4.79 Å². The summed E-state index contributed by atoms with van der Waals surface area (Å²) in [5.41, 5.74) is -0.550. The first-order valence-corrected chi connectivity index (χ1v) is 6.07. The second-order valence-corrected chi connectivity index (χ2v) is 5.45. The first kappa shape index (κ1) is 14.8. The lowest BCUT2D eigenvalue weighted by Crippen LogP contribution is -2.42. The molecule has 1 rings (SSSR count). The molecule has 0 spiro atoms. The molecule has 18 heavy (non-hydrogen) atoms. The van der Waals surface area contributed by atoms with Gasteiger partial charge in [0, 0.05) is 13.2 Å². The van der Waals surface area contributed by atoms with Crippen molar-refractivity contribution in [3.05, 3.63) is 0 Å². The fourth-order valence-electron chi connectivity index (χ4n) is 1.83. The molecule has 2 atom stereocenters.